The number of aryl methyl sites for hydroxylation is 1. The molecule has 154 valence electrons. The first kappa shape index (κ1) is 19.4. The lowest BCUT2D eigenvalue weighted by atomic mass is 9.92. The molecule has 3 fully saturated rings. The minimum Gasteiger partial charge on any atom is -0.438 e. The fourth-order valence-electron chi connectivity index (χ4n) is 4.67. The smallest absolute Gasteiger partial charge is 0.291 e. The van der Waals surface area contributed by atoms with Gasteiger partial charge in [0.05, 0.1) is 24.8 Å². The molecule has 0 N–H and O–H groups in total. The average molecular weight is 390 g/mol. The van der Waals surface area contributed by atoms with Crippen LogP contribution in [0.5, 0.6) is 0 Å². The molecular weight excluding hydrogens is 360 g/mol. The Morgan fingerprint density at radius 3 is 2.46 bits per heavy atom. The molecule has 0 bridgehead atoms. The van der Waals surface area contributed by atoms with Crippen LogP contribution in [0.2, 0.25) is 0 Å². The molecule has 8 heteroatoms. The van der Waals surface area contributed by atoms with Crippen LogP contribution in [-0.2, 0) is 9.53 Å². The summed E-state index contributed by atoms with van der Waals surface area (Å²) in [5.41, 5.74) is 0.646. The molecule has 1 atom stereocenters. The zero-order chi connectivity index (χ0) is 19.5. The number of hydrogen-bond donors (Lipinski definition) is 0. The van der Waals surface area contributed by atoms with Gasteiger partial charge in [-0.1, -0.05) is 0 Å². The van der Waals surface area contributed by atoms with Crippen LogP contribution in [0.3, 0.4) is 0 Å². The number of morpholine rings is 1. The van der Waals surface area contributed by atoms with Gasteiger partial charge in [-0.15, -0.1) is 0 Å². The second kappa shape index (κ2) is 8.61. The van der Waals surface area contributed by atoms with Crippen molar-refractivity contribution in [1.29, 1.82) is 0 Å². The standard InChI is InChI=1S/C20H30N4O4/c1-15-18(28-14-21-15)20(26)22-7-4-17(5-8-22)24-6-2-3-16(13-24)19(25)23-9-11-27-12-10-23/h14,16-17H,2-13H2,1H3. The van der Waals surface area contributed by atoms with Crippen LogP contribution >= 0.6 is 0 Å². The fraction of sp³-hybridized carbons (Fsp3) is 0.750. The largest absolute Gasteiger partial charge is 0.438 e. The molecular formula is C20H30N4O4. The van der Waals surface area contributed by atoms with Crippen molar-refractivity contribution in [3.05, 3.63) is 17.8 Å². The van der Waals surface area contributed by atoms with Crippen molar-refractivity contribution in [1.82, 2.24) is 19.7 Å². The zero-order valence-electron chi connectivity index (χ0n) is 16.6. The molecule has 0 aliphatic carbocycles. The molecule has 3 aliphatic rings. The SMILES string of the molecule is Cc1ncoc1C(=O)N1CCC(N2CCCC(C(=O)N3CCOCC3)C2)CC1. The van der Waals surface area contributed by atoms with Crippen LogP contribution in [0.4, 0.5) is 0 Å². The van der Waals surface area contributed by atoms with E-state index in [1.165, 1.54) is 6.39 Å². The Bertz CT molecular complexity index is 692. The Balaban J connectivity index is 1.30. The van der Waals surface area contributed by atoms with E-state index in [4.69, 9.17) is 9.15 Å². The lowest BCUT2D eigenvalue weighted by Gasteiger charge is -2.42. The lowest BCUT2D eigenvalue weighted by Crippen LogP contribution is -2.53. The molecule has 1 unspecified atom stereocenters. The number of carbonyl (C=O) groups is 2. The van der Waals surface area contributed by atoms with Crippen molar-refractivity contribution in [3.8, 4) is 0 Å². The van der Waals surface area contributed by atoms with Crippen molar-refractivity contribution in [2.75, 3.05) is 52.5 Å². The maximum atomic E-state index is 12.9. The Morgan fingerprint density at radius 1 is 1.04 bits per heavy atom. The van der Waals surface area contributed by atoms with E-state index in [2.05, 4.69) is 9.88 Å². The number of aromatic nitrogens is 1. The zero-order valence-corrected chi connectivity index (χ0v) is 16.6. The topological polar surface area (TPSA) is 79.1 Å². The first-order valence-electron chi connectivity index (χ1n) is 10.4. The molecule has 4 rings (SSSR count). The quantitative estimate of drug-likeness (QED) is 0.771. The highest BCUT2D eigenvalue weighted by Crippen LogP contribution is 2.26. The monoisotopic (exact) mass is 390 g/mol. The van der Waals surface area contributed by atoms with Crippen LogP contribution in [-0.4, -0.2) is 90.0 Å². The summed E-state index contributed by atoms with van der Waals surface area (Å²) >= 11 is 0. The van der Waals surface area contributed by atoms with E-state index in [9.17, 15) is 9.59 Å². The lowest BCUT2D eigenvalue weighted by molar-refractivity contribution is -0.141. The Kier molecular flexibility index (Phi) is 5.96. The number of carbonyl (C=O) groups excluding carboxylic acids is 2. The van der Waals surface area contributed by atoms with Crippen molar-refractivity contribution < 1.29 is 18.7 Å². The molecule has 28 heavy (non-hydrogen) atoms. The number of rotatable bonds is 3. The predicted octanol–water partition coefficient (Wildman–Crippen LogP) is 1.16. The maximum Gasteiger partial charge on any atom is 0.291 e. The molecule has 1 aromatic rings. The third kappa shape index (κ3) is 4.07. The maximum absolute atomic E-state index is 12.9. The highest BCUT2D eigenvalue weighted by Gasteiger charge is 2.35. The number of oxazole rings is 1. The Hall–Kier alpha value is -1.93. The highest BCUT2D eigenvalue weighted by atomic mass is 16.5. The molecule has 0 aromatic carbocycles. The molecule has 3 saturated heterocycles. The summed E-state index contributed by atoms with van der Waals surface area (Å²) in [6.45, 7) is 7.88. The summed E-state index contributed by atoms with van der Waals surface area (Å²) in [4.78, 5) is 35.8. The summed E-state index contributed by atoms with van der Waals surface area (Å²) < 4.78 is 10.6. The second-order valence-electron chi connectivity index (χ2n) is 8.06. The summed E-state index contributed by atoms with van der Waals surface area (Å²) in [6, 6.07) is 0.445. The van der Waals surface area contributed by atoms with Gasteiger partial charge in [-0.25, -0.2) is 4.98 Å². The Labute approximate surface area is 165 Å². The van der Waals surface area contributed by atoms with E-state index in [-0.39, 0.29) is 11.8 Å². The van der Waals surface area contributed by atoms with Crippen LogP contribution in [0.15, 0.2) is 10.8 Å². The highest BCUT2D eigenvalue weighted by molar-refractivity contribution is 5.92. The van der Waals surface area contributed by atoms with E-state index < -0.39 is 0 Å². The molecule has 8 nitrogen and oxygen atoms in total. The van der Waals surface area contributed by atoms with Gasteiger partial charge in [0.2, 0.25) is 11.7 Å². The summed E-state index contributed by atoms with van der Waals surface area (Å²) in [6.07, 6.45) is 5.26. The van der Waals surface area contributed by atoms with Crippen molar-refractivity contribution in [2.24, 2.45) is 5.92 Å². The van der Waals surface area contributed by atoms with Crippen LogP contribution in [0.1, 0.15) is 41.9 Å². The minimum absolute atomic E-state index is 0.0625. The van der Waals surface area contributed by atoms with Gasteiger partial charge in [0.1, 0.15) is 0 Å². The van der Waals surface area contributed by atoms with Gasteiger partial charge in [0.25, 0.3) is 5.91 Å². The minimum atomic E-state index is -0.0625. The van der Waals surface area contributed by atoms with E-state index in [0.717, 1.165) is 65.0 Å². The molecule has 0 radical (unpaired) electrons. The number of amides is 2. The number of nitrogens with zero attached hydrogens (tertiary/aromatic N) is 4. The summed E-state index contributed by atoms with van der Waals surface area (Å²) in [5.74, 6) is 0.685. The van der Waals surface area contributed by atoms with Crippen molar-refractivity contribution in [3.63, 3.8) is 0 Å². The number of ether oxygens (including phenoxy) is 1. The molecule has 1 aromatic heterocycles. The van der Waals surface area contributed by atoms with Gasteiger partial charge in [-0.3, -0.25) is 14.5 Å². The molecule has 4 heterocycles. The number of likely N-dealkylation sites (tertiary alicyclic amines) is 2. The predicted molar refractivity (Wildman–Crippen MR) is 102 cm³/mol. The summed E-state index contributed by atoms with van der Waals surface area (Å²) in [5, 5.41) is 0. The van der Waals surface area contributed by atoms with Gasteiger partial charge < -0.3 is 19.0 Å². The molecule has 3 aliphatic heterocycles. The first-order chi connectivity index (χ1) is 13.6. The van der Waals surface area contributed by atoms with Gasteiger partial charge >= 0.3 is 0 Å². The third-order valence-electron chi connectivity index (χ3n) is 6.33. The average Bonchev–Trinajstić information content (AvgIpc) is 3.19. The van der Waals surface area contributed by atoms with Gasteiger partial charge in [0.15, 0.2) is 6.39 Å². The number of piperidine rings is 2. The van der Waals surface area contributed by atoms with Crippen LogP contribution in [0, 0.1) is 12.8 Å². The fourth-order valence-corrected chi connectivity index (χ4v) is 4.67. The van der Waals surface area contributed by atoms with Crippen LogP contribution < -0.4 is 0 Å². The van der Waals surface area contributed by atoms with E-state index in [1.807, 2.05) is 9.80 Å². The van der Waals surface area contributed by atoms with Gasteiger partial charge in [-0.05, 0) is 39.2 Å². The van der Waals surface area contributed by atoms with E-state index in [0.29, 0.717) is 36.6 Å². The van der Waals surface area contributed by atoms with E-state index in [1.54, 1.807) is 6.92 Å². The van der Waals surface area contributed by atoms with Gasteiger partial charge in [0, 0.05) is 38.8 Å². The first-order valence-corrected chi connectivity index (χ1v) is 10.4. The summed E-state index contributed by atoms with van der Waals surface area (Å²) in [7, 11) is 0. The molecule has 0 saturated carbocycles. The van der Waals surface area contributed by atoms with Gasteiger partial charge in [-0.2, -0.15) is 0 Å². The molecule has 0 spiro atoms. The second-order valence-corrected chi connectivity index (χ2v) is 8.06. The van der Waals surface area contributed by atoms with Crippen molar-refractivity contribution >= 4 is 11.8 Å². The Morgan fingerprint density at radius 2 is 1.79 bits per heavy atom. The normalized spacial score (nSPS) is 25.1. The van der Waals surface area contributed by atoms with Crippen molar-refractivity contribution in [2.45, 2.75) is 38.6 Å². The third-order valence-corrected chi connectivity index (χ3v) is 6.33. The van der Waals surface area contributed by atoms with Crippen LogP contribution in [0.25, 0.3) is 0 Å². The van der Waals surface area contributed by atoms with E-state index >= 15 is 0 Å². The number of hydrogen-bond acceptors (Lipinski definition) is 6. The molecule has 2 amide bonds.